The third-order valence-corrected chi connectivity index (χ3v) is 4.63. The summed E-state index contributed by atoms with van der Waals surface area (Å²) >= 11 is 10.6. The van der Waals surface area contributed by atoms with Crippen molar-refractivity contribution in [2.75, 3.05) is 18.5 Å². The predicted molar refractivity (Wildman–Crippen MR) is 78.3 cm³/mol. The van der Waals surface area contributed by atoms with E-state index in [1.807, 2.05) is 12.3 Å². The van der Waals surface area contributed by atoms with E-state index >= 15 is 0 Å². The monoisotopic (exact) mass is 410 g/mol. The molecule has 0 amide bonds. The van der Waals surface area contributed by atoms with Crippen molar-refractivity contribution in [2.45, 2.75) is 17.7 Å². The van der Waals surface area contributed by atoms with Crippen molar-refractivity contribution in [1.29, 1.82) is 0 Å². The first-order valence-electron chi connectivity index (χ1n) is 5.22. The van der Waals surface area contributed by atoms with Gasteiger partial charge in [-0.3, -0.25) is 0 Å². The molecule has 1 aromatic rings. The van der Waals surface area contributed by atoms with E-state index in [0.717, 1.165) is 32.1 Å². The maximum atomic E-state index is 4.43. The lowest BCUT2D eigenvalue weighted by molar-refractivity contribution is 0.338. The molecule has 1 aliphatic carbocycles. The maximum absolute atomic E-state index is 4.43. The fraction of sp³-hybridized carbons (Fsp3) is 0.545. The number of nitrogens with zero attached hydrogens (tertiary/aromatic N) is 2. The van der Waals surface area contributed by atoms with Crippen LogP contribution in [0.25, 0.3) is 0 Å². The van der Waals surface area contributed by atoms with Gasteiger partial charge in [-0.1, -0.05) is 15.9 Å². The second-order valence-electron chi connectivity index (χ2n) is 4.27. The Hall–Kier alpha value is 0.390. The molecule has 2 rings (SSSR count). The normalized spacial score (nSPS) is 24.0. The Kier molecular flexibility index (Phi) is 4.30. The molecule has 1 aromatic heterocycles. The van der Waals surface area contributed by atoms with Gasteiger partial charge >= 0.3 is 0 Å². The highest BCUT2D eigenvalue weighted by Gasteiger charge is 2.28. The molecular weight excluding hydrogens is 400 g/mol. The van der Waals surface area contributed by atoms with Gasteiger partial charge in [0.25, 0.3) is 0 Å². The Morgan fingerprint density at radius 2 is 2.12 bits per heavy atom. The number of hydrogen-bond acceptors (Lipinski definition) is 2. The fourth-order valence-electron chi connectivity index (χ4n) is 1.97. The molecule has 1 heterocycles. The quantitative estimate of drug-likeness (QED) is 0.691. The molecule has 0 spiro atoms. The average molecular weight is 413 g/mol. The topological polar surface area (TPSA) is 16.1 Å². The first-order valence-corrected chi connectivity index (χ1v) is 7.72. The summed E-state index contributed by atoms with van der Waals surface area (Å²) in [5.41, 5.74) is 0. The van der Waals surface area contributed by atoms with E-state index in [-0.39, 0.29) is 0 Å². The highest BCUT2D eigenvalue weighted by molar-refractivity contribution is 9.11. The molecule has 1 aliphatic rings. The molecule has 88 valence electrons. The Balaban J connectivity index is 2.00. The van der Waals surface area contributed by atoms with Crippen LogP contribution in [0, 0.1) is 5.92 Å². The highest BCUT2D eigenvalue weighted by atomic mass is 79.9. The minimum Gasteiger partial charge on any atom is -0.358 e. The first kappa shape index (κ1) is 12.8. The van der Waals surface area contributed by atoms with Gasteiger partial charge in [0.05, 0.1) is 4.47 Å². The van der Waals surface area contributed by atoms with Crippen LogP contribution in [0.1, 0.15) is 12.8 Å². The second kappa shape index (κ2) is 5.36. The lowest BCUT2D eigenvalue weighted by atomic mass is 9.85. The number of hydrogen-bond donors (Lipinski definition) is 0. The zero-order chi connectivity index (χ0) is 11.7. The number of rotatable bonds is 3. The van der Waals surface area contributed by atoms with Crippen molar-refractivity contribution < 1.29 is 0 Å². The number of alkyl halides is 1. The predicted octanol–water partition coefficient (Wildman–Crippen LogP) is 4.22. The van der Waals surface area contributed by atoms with E-state index in [1.165, 1.54) is 12.8 Å². The number of halogens is 3. The van der Waals surface area contributed by atoms with Crippen LogP contribution in [0.2, 0.25) is 0 Å². The summed E-state index contributed by atoms with van der Waals surface area (Å²) in [4.78, 5) is 7.38. The minimum absolute atomic E-state index is 0.729. The number of anilines is 1. The lowest BCUT2D eigenvalue weighted by Gasteiger charge is -2.35. The van der Waals surface area contributed by atoms with Crippen LogP contribution in [-0.2, 0) is 0 Å². The van der Waals surface area contributed by atoms with Crippen molar-refractivity contribution in [3.8, 4) is 0 Å². The minimum atomic E-state index is 0.729. The van der Waals surface area contributed by atoms with Crippen molar-refractivity contribution in [3.05, 3.63) is 21.2 Å². The SMILES string of the molecule is CN(CC1CC(Br)C1)c1ncc(Br)cc1Br. The van der Waals surface area contributed by atoms with Crippen LogP contribution in [0.3, 0.4) is 0 Å². The standard InChI is InChI=1S/C11H13Br3N2/c1-16(6-7-2-8(12)3-7)11-10(14)4-9(13)5-15-11/h4-5,7-8H,2-3,6H2,1H3. The number of aromatic nitrogens is 1. The molecule has 0 atom stereocenters. The van der Waals surface area contributed by atoms with E-state index in [0.29, 0.717) is 0 Å². The first-order chi connectivity index (χ1) is 7.56. The second-order valence-corrected chi connectivity index (χ2v) is 7.34. The summed E-state index contributed by atoms with van der Waals surface area (Å²) in [7, 11) is 2.10. The van der Waals surface area contributed by atoms with Crippen molar-refractivity contribution in [1.82, 2.24) is 4.98 Å². The van der Waals surface area contributed by atoms with Gasteiger partial charge in [-0.2, -0.15) is 0 Å². The summed E-state index contributed by atoms with van der Waals surface area (Å²) < 4.78 is 2.04. The molecule has 0 radical (unpaired) electrons. The fourth-order valence-corrected chi connectivity index (χ4v) is 4.31. The summed E-state index contributed by atoms with van der Waals surface area (Å²) in [6, 6.07) is 2.03. The van der Waals surface area contributed by atoms with Gasteiger partial charge in [0, 0.05) is 29.1 Å². The molecule has 0 N–H and O–H groups in total. The van der Waals surface area contributed by atoms with Gasteiger partial charge in [0.1, 0.15) is 5.82 Å². The average Bonchev–Trinajstić information content (AvgIpc) is 2.15. The third-order valence-electron chi connectivity index (χ3n) is 2.86. The molecule has 2 nitrogen and oxygen atoms in total. The van der Waals surface area contributed by atoms with Gasteiger partial charge in [0.15, 0.2) is 0 Å². The van der Waals surface area contributed by atoms with Gasteiger partial charge in [-0.05, 0) is 56.7 Å². The Morgan fingerprint density at radius 1 is 1.44 bits per heavy atom. The van der Waals surface area contributed by atoms with Crippen molar-refractivity contribution >= 4 is 53.6 Å². The molecule has 5 heteroatoms. The smallest absolute Gasteiger partial charge is 0.142 e. The Morgan fingerprint density at radius 3 is 2.69 bits per heavy atom. The molecule has 0 bridgehead atoms. The number of pyridine rings is 1. The summed E-state index contributed by atoms with van der Waals surface area (Å²) in [5.74, 6) is 1.81. The van der Waals surface area contributed by atoms with Crippen LogP contribution in [0.15, 0.2) is 21.2 Å². The Bertz CT molecular complexity index is 377. The molecule has 0 aliphatic heterocycles. The lowest BCUT2D eigenvalue weighted by Crippen LogP contribution is -2.35. The Labute approximate surface area is 121 Å². The molecule has 1 saturated carbocycles. The van der Waals surface area contributed by atoms with Crippen LogP contribution < -0.4 is 4.90 Å². The third kappa shape index (κ3) is 2.99. The van der Waals surface area contributed by atoms with Crippen molar-refractivity contribution in [2.24, 2.45) is 5.92 Å². The summed E-state index contributed by atoms with van der Waals surface area (Å²) in [6.07, 6.45) is 4.39. The van der Waals surface area contributed by atoms with Crippen molar-refractivity contribution in [3.63, 3.8) is 0 Å². The van der Waals surface area contributed by atoms with Crippen LogP contribution in [0.4, 0.5) is 5.82 Å². The van der Waals surface area contributed by atoms with E-state index < -0.39 is 0 Å². The van der Waals surface area contributed by atoms with Gasteiger partial charge in [-0.15, -0.1) is 0 Å². The van der Waals surface area contributed by atoms with Crippen LogP contribution >= 0.6 is 47.8 Å². The van der Waals surface area contributed by atoms with E-state index in [2.05, 4.69) is 64.7 Å². The van der Waals surface area contributed by atoms with Gasteiger partial charge in [-0.25, -0.2) is 4.98 Å². The highest BCUT2D eigenvalue weighted by Crippen LogP contribution is 2.35. The van der Waals surface area contributed by atoms with Gasteiger partial charge in [0.2, 0.25) is 0 Å². The van der Waals surface area contributed by atoms with E-state index in [1.54, 1.807) is 0 Å². The van der Waals surface area contributed by atoms with Crippen LogP contribution in [-0.4, -0.2) is 23.4 Å². The van der Waals surface area contributed by atoms with Crippen LogP contribution in [0.5, 0.6) is 0 Å². The molecule has 0 unspecified atom stereocenters. The molecule has 0 aromatic carbocycles. The summed E-state index contributed by atoms with van der Waals surface area (Å²) in [6.45, 7) is 1.08. The molecule has 0 saturated heterocycles. The zero-order valence-corrected chi connectivity index (χ0v) is 13.7. The maximum Gasteiger partial charge on any atom is 0.142 e. The molecular formula is C11H13Br3N2. The van der Waals surface area contributed by atoms with E-state index in [4.69, 9.17) is 0 Å². The van der Waals surface area contributed by atoms with E-state index in [9.17, 15) is 0 Å². The van der Waals surface area contributed by atoms with Gasteiger partial charge < -0.3 is 4.90 Å². The zero-order valence-electron chi connectivity index (χ0n) is 8.96. The molecule has 1 fully saturated rings. The molecule has 16 heavy (non-hydrogen) atoms. The largest absolute Gasteiger partial charge is 0.358 e. The summed E-state index contributed by atoms with van der Waals surface area (Å²) in [5, 5.41) is 0.